The molecule has 0 aliphatic rings. The van der Waals surface area contributed by atoms with Crippen LogP contribution in [-0.2, 0) is 13.0 Å². The van der Waals surface area contributed by atoms with Gasteiger partial charge in [0.15, 0.2) is 0 Å². The van der Waals surface area contributed by atoms with Gasteiger partial charge >= 0.3 is 0 Å². The van der Waals surface area contributed by atoms with E-state index in [0.717, 1.165) is 0 Å². The first-order valence-corrected chi connectivity index (χ1v) is 6.83. The number of hydrogen-bond acceptors (Lipinski definition) is 3. The quantitative estimate of drug-likeness (QED) is 0.503. The van der Waals surface area contributed by atoms with Crippen molar-refractivity contribution in [3.8, 4) is 0 Å². The molecular weight excluding hydrogens is 295 g/mol. The minimum Gasteiger partial charge on any atom is -0.312 e. The number of nitro groups is 1. The van der Waals surface area contributed by atoms with Crippen LogP contribution in [0.25, 0.3) is 0 Å². The van der Waals surface area contributed by atoms with Gasteiger partial charge in [0.2, 0.25) is 0 Å². The van der Waals surface area contributed by atoms with Crippen molar-refractivity contribution in [1.29, 1.82) is 0 Å². The van der Waals surface area contributed by atoms with Crippen LogP contribution in [0.2, 0.25) is 5.02 Å². The van der Waals surface area contributed by atoms with Crippen LogP contribution in [0, 0.1) is 15.9 Å². The van der Waals surface area contributed by atoms with Gasteiger partial charge in [0, 0.05) is 12.6 Å². The Morgan fingerprint density at radius 1 is 1.19 bits per heavy atom. The Labute approximate surface area is 126 Å². The lowest BCUT2D eigenvalue weighted by Gasteiger charge is -2.08. The second-order valence-corrected chi connectivity index (χ2v) is 4.92. The molecule has 2 aromatic carbocycles. The van der Waals surface area contributed by atoms with E-state index >= 15 is 0 Å². The third kappa shape index (κ3) is 4.00. The minimum atomic E-state index is -0.459. The van der Waals surface area contributed by atoms with Crippen LogP contribution in [0.4, 0.5) is 10.1 Å². The molecule has 0 amide bonds. The van der Waals surface area contributed by atoms with Gasteiger partial charge in [-0.15, -0.1) is 0 Å². The summed E-state index contributed by atoms with van der Waals surface area (Å²) in [5, 5.41) is 14.3. The Morgan fingerprint density at radius 2 is 1.95 bits per heavy atom. The van der Waals surface area contributed by atoms with E-state index < -0.39 is 4.92 Å². The van der Waals surface area contributed by atoms with Gasteiger partial charge in [0.05, 0.1) is 15.5 Å². The summed E-state index contributed by atoms with van der Waals surface area (Å²) in [5.74, 6) is -0.247. The van der Waals surface area contributed by atoms with Crippen molar-refractivity contribution in [1.82, 2.24) is 5.32 Å². The molecule has 0 saturated carbocycles. The second kappa shape index (κ2) is 7.15. The third-order valence-electron chi connectivity index (χ3n) is 3.12. The molecule has 0 aliphatic heterocycles. The molecule has 2 rings (SSSR count). The Bertz CT molecular complexity index is 649. The van der Waals surface area contributed by atoms with Crippen LogP contribution in [0.1, 0.15) is 11.1 Å². The number of halogens is 2. The molecule has 0 fully saturated rings. The molecule has 21 heavy (non-hydrogen) atoms. The number of nitrogens with one attached hydrogen (secondary N) is 1. The molecule has 0 bridgehead atoms. The number of nitro benzene ring substituents is 1. The van der Waals surface area contributed by atoms with Crippen molar-refractivity contribution in [3.63, 3.8) is 0 Å². The first-order chi connectivity index (χ1) is 10.1. The summed E-state index contributed by atoms with van der Waals surface area (Å²) in [4.78, 5) is 10.5. The summed E-state index contributed by atoms with van der Waals surface area (Å²) in [6.07, 6.45) is 0.505. The first-order valence-electron chi connectivity index (χ1n) is 6.45. The SMILES string of the molecule is O=[N+]([O-])c1cccc(Cl)c1CNCCc1ccccc1F. The molecule has 0 aromatic heterocycles. The molecule has 0 atom stereocenters. The van der Waals surface area contributed by atoms with Crippen molar-refractivity contribution >= 4 is 17.3 Å². The Kier molecular flexibility index (Phi) is 5.25. The average Bonchev–Trinajstić information content (AvgIpc) is 2.46. The van der Waals surface area contributed by atoms with Gasteiger partial charge in [-0.1, -0.05) is 35.9 Å². The van der Waals surface area contributed by atoms with Gasteiger partial charge in [0.25, 0.3) is 5.69 Å². The lowest BCUT2D eigenvalue weighted by atomic mass is 10.1. The van der Waals surface area contributed by atoms with Crippen molar-refractivity contribution in [2.45, 2.75) is 13.0 Å². The second-order valence-electron chi connectivity index (χ2n) is 4.51. The first kappa shape index (κ1) is 15.4. The van der Waals surface area contributed by atoms with Gasteiger partial charge in [-0.25, -0.2) is 4.39 Å². The largest absolute Gasteiger partial charge is 0.312 e. The third-order valence-corrected chi connectivity index (χ3v) is 3.48. The highest BCUT2D eigenvalue weighted by Gasteiger charge is 2.15. The van der Waals surface area contributed by atoms with E-state index in [2.05, 4.69) is 5.32 Å². The van der Waals surface area contributed by atoms with Gasteiger partial charge in [-0.3, -0.25) is 10.1 Å². The van der Waals surface area contributed by atoms with E-state index in [1.165, 1.54) is 12.1 Å². The maximum atomic E-state index is 13.4. The van der Waals surface area contributed by atoms with Crippen molar-refractivity contribution < 1.29 is 9.31 Å². The fourth-order valence-electron chi connectivity index (χ4n) is 2.03. The smallest absolute Gasteiger partial charge is 0.275 e. The van der Waals surface area contributed by atoms with E-state index in [1.54, 1.807) is 30.3 Å². The highest BCUT2D eigenvalue weighted by molar-refractivity contribution is 6.31. The van der Waals surface area contributed by atoms with Crippen LogP contribution < -0.4 is 5.32 Å². The summed E-state index contributed by atoms with van der Waals surface area (Å²) in [5.41, 5.74) is 1.04. The predicted octanol–water partition coefficient (Wildman–Crippen LogP) is 3.72. The number of nitrogens with zero attached hydrogens (tertiary/aromatic N) is 1. The molecule has 0 radical (unpaired) electrons. The van der Waals surface area contributed by atoms with Crippen molar-refractivity contribution in [2.75, 3.05) is 6.54 Å². The summed E-state index contributed by atoms with van der Waals surface area (Å²) in [6, 6.07) is 11.1. The minimum absolute atomic E-state index is 0.0131. The molecule has 0 aliphatic carbocycles. The lowest BCUT2D eigenvalue weighted by Crippen LogP contribution is -2.18. The normalized spacial score (nSPS) is 10.6. The summed E-state index contributed by atoms with van der Waals surface area (Å²) in [7, 11) is 0. The molecule has 2 aromatic rings. The highest BCUT2D eigenvalue weighted by Crippen LogP contribution is 2.25. The van der Waals surface area contributed by atoms with Crippen LogP contribution >= 0.6 is 11.6 Å². The Hall–Kier alpha value is -1.98. The van der Waals surface area contributed by atoms with Crippen molar-refractivity contribution in [2.24, 2.45) is 0 Å². The van der Waals surface area contributed by atoms with E-state index in [0.29, 0.717) is 29.1 Å². The average molecular weight is 309 g/mol. The van der Waals surface area contributed by atoms with Crippen LogP contribution in [-0.4, -0.2) is 11.5 Å². The standard InChI is InChI=1S/C15H14ClFN2O2/c16-13-5-3-7-15(19(20)21)12(13)10-18-9-8-11-4-1-2-6-14(11)17/h1-7,18H,8-10H2. The van der Waals surface area contributed by atoms with E-state index in [9.17, 15) is 14.5 Å². The van der Waals surface area contributed by atoms with Crippen LogP contribution in [0.3, 0.4) is 0 Å². The molecule has 0 unspecified atom stereocenters. The monoisotopic (exact) mass is 308 g/mol. The van der Waals surface area contributed by atoms with Crippen LogP contribution in [0.5, 0.6) is 0 Å². The van der Waals surface area contributed by atoms with Gasteiger partial charge in [-0.05, 0) is 30.7 Å². The topological polar surface area (TPSA) is 55.2 Å². The van der Waals surface area contributed by atoms with Crippen molar-refractivity contribution in [3.05, 3.63) is 74.5 Å². The molecule has 110 valence electrons. The number of benzene rings is 2. The Balaban J connectivity index is 1.95. The predicted molar refractivity (Wildman–Crippen MR) is 79.9 cm³/mol. The fraction of sp³-hybridized carbons (Fsp3) is 0.200. The molecule has 1 N–H and O–H groups in total. The summed E-state index contributed by atoms with van der Waals surface area (Å²) in [6.45, 7) is 0.772. The molecule has 6 heteroatoms. The highest BCUT2D eigenvalue weighted by atomic mass is 35.5. The number of rotatable bonds is 6. The van der Waals surface area contributed by atoms with Gasteiger partial charge in [-0.2, -0.15) is 0 Å². The van der Waals surface area contributed by atoms with E-state index in [4.69, 9.17) is 11.6 Å². The number of hydrogen-bond donors (Lipinski definition) is 1. The van der Waals surface area contributed by atoms with Gasteiger partial charge < -0.3 is 5.32 Å². The molecule has 0 saturated heterocycles. The summed E-state index contributed by atoms with van der Waals surface area (Å²) >= 11 is 5.99. The van der Waals surface area contributed by atoms with Crippen LogP contribution in [0.15, 0.2) is 42.5 Å². The molecule has 4 nitrogen and oxygen atoms in total. The summed E-state index contributed by atoms with van der Waals surface area (Å²) < 4.78 is 13.4. The van der Waals surface area contributed by atoms with E-state index in [-0.39, 0.29) is 18.0 Å². The fourth-order valence-corrected chi connectivity index (χ4v) is 2.27. The molecular formula is C15H14ClFN2O2. The zero-order valence-corrected chi connectivity index (χ0v) is 11.9. The maximum Gasteiger partial charge on any atom is 0.275 e. The molecule has 0 heterocycles. The lowest BCUT2D eigenvalue weighted by molar-refractivity contribution is -0.385. The van der Waals surface area contributed by atoms with E-state index in [1.807, 2.05) is 0 Å². The molecule has 0 spiro atoms. The zero-order chi connectivity index (χ0) is 15.2. The Morgan fingerprint density at radius 3 is 2.67 bits per heavy atom. The maximum absolute atomic E-state index is 13.4. The van der Waals surface area contributed by atoms with Gasteiger partial charge in [0.1, 0.15) is 5.82 Å². The zero-order valence-electron chi connectivity index (χ0n) is 11.2.